The molecular weight excluding hydrogens is 466 g/mol. The maximum absolute atomic E-state index is 13.0. The third-order valence-corrected chi connectivity index (χ3v) is 5.34. The van der Waals surface area contributed by atoms with Gasteiger partial charge < -0.3 is 5.11 Å². The number of nitro groups is 1. The molecule has 0 radical (unpaired) electrons. The first-order chi connectivity index (χ1) is 14.9. The normalized spacial score (nSPS) is 17.7. The fourth-order valence-electron chi connectivity index (χ4n) is 3.42. The smallest absolute Gasteiger partial charge is 0.301 e. The van der Waals surface area contributed by atoms with Gasteiger partial charge in [-0.05, 0) is 45.8 Å². The Labute approximate surface area is 184 Å². The van der Waals surface area contributed by atoms with E-state index in [9.17, 15) is 24.8 Å². The molecule has 3 aromatic rings. The fraction of sp³-hybridized carbons (Fsp3) is 0.0455. The Bertz CT molecular complexity index is 1210. The Morgan fingerprint density at radius 3 is 2.29 bits per heavy atom. The van der Waals surface area contributed by atoms with Crippen molar-refractivity contribution in [3.05, 3.63) is 104 Å². The molecule has 0 saturated carbocycles. The molecule has 1 fully saturated rings. The maximum atomic E-state index is 13.0. The van der Waals surface area contributed by atoms with Gasteiger partial charge in [0, 0.05) is 28.4 Å². The summed E-state index contributed by atoms with van der Waals surface area (Å²) in [6.45, 7) is 0. The van der Waals surface area contributed by atoms with Gasteiger partial charge in [-0.2, -0.15) is 0 Å². The van der Waals surface area contributed by atoms with Gasteiger partial charge in [0.15, 0.2) is 0 Å². The zero-order chi connectivity index (χ0) is 22.1. The van der Waals surface area contributed by atoms with Crippen LogP contribution in [0.4, 0.5) is 11.5 Å². The van der Waals surface area contributed by atoms with Crippen molar-refractivity contribution in [3.63, 3.8) is 0 Å². The SMILES string of the molecule is O=C1C(=O)N(c2ccc(Br)cn2)[C@@H](c2ccc([N+](=O)[O-])cc2)C1=C(O)c1ccccc1. The second-order valence-electron chi connectivity index (χ2n) is 6.72. The number of non-ortho nitro benzene ring substituents is 1. The summed E-state index contributed by atoms with van der Waals surface area (Å²) in [4.78, 5) is 41.8. The van der Waals surface area contributed by atoms with Crippen molar-refractivity contribution in [2.75, 3.05) is 4.90 Å². The Kier molecular flexibility index (Phi) is 5.35. The van der Waals surface area contributed by atoms with Crippen molar-refractivity contribution < 1.29 is 19.6 Å². The van der Waals surface area contributed by atoms with Crippen LogP contribution < -0.4 is 4.90 Å². The number of nitro benzene ring substituents is 1. The summed E-state index contributed by atoms with van der Waals surface area (Å²) in [7, 11) is 0. The van der Waals surface area contributed by atoms with Crippen LogP contribution in [0.15, 0.2) is 83.0 Å². The summed E-state index contributed by atoms with van der Waals surface area (Å²) in [6, 6.07) is 16.1. The Morgan fingerprint density at radius 2 is 1.71 bits per heavy atom. The summed E-state index contributed by atoms with van der Waals surface area (Å²) < 4.78 is 0.684. The molecule has 0 unspecified atom stereocenters. The minimum Gasteiger partial charge on any atom is -0.507 e. The minimum absolute atomic E-state index is 0.116. The number of halogens is 1. The molecule has 4 rings (SSSR count). The predicted octanol–water partition coefficient (Wildman–Crippen LogP) is 4.38. The summed E-state index contributed by atoms with van der Waals surface area (Å²) >= 11 is 3.28. The van der Waals surface area contributed by atoms with E-state index in [-0.39, 0.29) is 22.8 Å². The molecule has 0 aliphatic carbocycles. The third kappa shape index (κ3) is 3.71. The number of carbonyl (C=O) groups is 2. The lowest BCUT2D eigenvalue weighted by molar-refractivity contribution is -0.384. The molecule has 1 aliphatic rings. The number of pyridine rings is 1. The number of rotatable bonds is 4. The highest BCUT2D eigenvalue weighted by Gasteiger charge is 2.47. The van der Waals surface area contributed by atoms with Gasteiger partial charge in [-0.15, -0.1) is 0 Å². The van der Waals surface area contributed by atoms with Gasteiger partial charge in [-0.3, -0.25) is 24.6 Å². The van der Waals surface area contributed by atoms with E-state index in [1.807, 2.05) is 0 Å². The van der Waals surface area contributed by atoms with Crippen molar-refractivity contribution >= 4 is 44.9 Å². The van der Waals surface area contributed by atoms with Gasteiger partial charge in [0.2, 0.25) is 0 Å². The van der Waals surface area contributed by atoms with Gasteiger partial charge in [0.05, 0.1) is 16.5 Å². The molecule has 9 heteroatoms. The molecule has 1 aliphatic heterocycles. The molecule has 2 aromatic carbocycles. The lowest BCUT2D eigenvalue weighted by Gasteiger charge is -2.24. The average Bonchev–Trinajstić information content (AvgIpc) is 3.05. The number of hydrogen-bond donors (Lipinski definition) is 1. The van der Waals surface area contributed by atoms with Crippen molar-refractivity contribution in [2.45, 2.75) is 6.04 Å². The van der Waals surface area contributed by atoms with E-state index in [4.69, 9.17) is 0 Å². The first-order valence-corrected chi connectivity index (χ1v) is 9.90. The van der Waals surface area contributed by atoms with Crippen LogP contribution in [0.25, 0.3) is 5.76 Å². The monoisotopic (exact) mass is 479 g/mol. The molecule has 154 valence electrons. The molecule has 1 aromatic heterocycles. The molecule has 1 N–H and O–H groups in total. The molecule has 1 atom stereocenters. The number of benzene rings is 2. The van der Waals surface area contributed by atoms with Crippen LogP contribution in [0.5, 0.6) is 0 Å². The van der Waals surface area contributed by atoms with Gasteiger partial charge >= 0.3 is 5.91 Å². The van der Waals surface area contributed by atoms with Crippen molar-refractivity contribution in [1.82, 2.24) is 4.98 Å². The summed E-state index contributed by atoms with van der Waals surface area (Å²) in [5.41, 5.74) is 0.545. The first-order valence-electron chi connectivity index (χ1n) is 9.11. The number of carbonyl (C=O) groups excluding carboxylic acids is 2. The number of aromatic nitrogens is 1. The zero-order valence-electron chi connectivity index (χ0n) is 15.8. The second kappa shape index (κ2) is 8.11. The average molecular weight is 480 g/mol. The molecule has 1 saturated heterocycles. The first kappa shape index (κ1) is 20.4. The fourth-order valence-corrected chi connectivity index (χ4v) is 3.66. The van der Waals surface area contributed by atoms with E-state index < -0.39 is 22.7 Å². The van der Waals surface area contributed by atoms with Crippen LogP contribution in [-0.4, -0.2) is 26.7 Å². The molecule has 0 bridgehead atoms. The standard InChI is InChI=1S/C22H14BrN3O5/c23-15-8-11-17(24-12-15)25-19(13-6-9-16(10-7-13)26(30)31)18(21(28)22(25)29)20(27)14-4-2-1-3-5-14/h1-12,19,27H/t19-/m0/s1. The number of ketones is 1. The van der Waals surface area contributed by atoms with Crippen LogP contribution in [0.3, 0.4) is 0 Å². The van der Waals surface area contributed by atoms with Crippen LogP contribution in [0.1, 0.15) is 17.2 Å². The quantitative estimate of drug-likeness (QED) is 0.195. The third-order valence-electron chi connectivity index (χ3n) is 4.87. The summed E-state index contributed by atoms with van der Waals surface area (Å²) in [5.74, 6) is -1.84. The zero-order valence-corrected chi connectivity index (χ0v) is 17.4. The Balaban J connectivity index is 1.93. The van der Waals surface area contributed by atoms with Crippen molar-refractivity contribution in [3.8, 4) is 0 Å². The lowest BCUT2D eigenvalue weighted by Crippen LogP contribution is -2.30. The number of Topliss-reactive ketones (excluding diaryl/α,β-unsaturated/α-hetero) is 1. The van der Waals surface area contributed by atoms with E-state index in [1.54, 1.807) is 42.5 Å². The molecule has 0 spiro atoms. The number of hydrogen-bond acceptors (Lipinski definition) is 6. The topological polar surface area (TPSA) is 114 Å². The van der Waals surface area contributed by atoms with Crippen LogP contribution in [0, 0.1) is 10.1 Å². The van der Waals surface area contributed by atoms with E-state index in [0.29, 0.717) is 15.6 Å². The number of nitrogens with zero attached hydrogens (tertiary/aromatic N) is 3. The molecular formula is C22H14BrN3O5. The Morgan fingerprint density at radius 1 is 1.03 bits per heavy atom. The maximum Gasteiger partial charge on any atom is 0.301 e. The van der Waals surface area contributed by atoms with Crippen LogP contribution in [0.2, 0.25) is 0 Å². The number of aliphatic hydroxyl groups excluding tert-OH is 1. The summed E-state index contributed by atoms with van der Waals surface area (Å²) in [5, 5.41) is 22.0. The number of anilines is 1. The van der Waals surface area contributed by atoms with Gasteiger partial charge in [0.25, 0.3) is 11.5 Å². The number of aliphatic hydroxyl groups is 1. The van der Waals surface area contributed by atoms with Crippen molar-refractivity contribution in [2.24, 2.45) is 0 Å². The van der Waals surface area contributed by atoms with Crippen LogP contribution in [-0.2, 0) is 9.59 Å². The van der Waals surface area contributed by atoms with Gasteiger partial charge in [-0.1, -0.05) is 30.3 Å². The Hall–Kier alpha value is -3.85. The highest BCUT2D eigenvalue weighted by molar-refractivity contribution is 9.10. The van der Waals surface area contributed by atoms with E-state index >= 15 is 0 Å². The number of amides is 1. The summed E-state index contributed by atoms with van der Waals surface area (Å²) in [6.07, 6.45) is 1.48. The van der Waals surface area contributed by atoms with E-state index in [0.717, 1.165) is 0 Å². The second-order valence-corrected chi connectivity index (χ2v) is 7.63. The van der Waals surface area contributed by atoms with Gasteiger partial charge in [-0.25, -0.2) is 4.98 Å². The molecule has 2 heterocycles. The molecule has 8 nitrogen and oxygen atoms in total. The van der Waals surface area contributed by atoms with Gasteiger partial charge in [0.1, 0.15) is 11.6 Å². The van der Waals surface area contributed by atoms with Crippen molar-refractivity contribution in [1.29, 1.82) is 0 Å². The molecule has 31 heavy (non-hydrogen) atoms. The lowest BCUT2D eigenvalue weighted by atomic mass is 9.95. The van der Waals surface area contributed by atoms with E-state index in [1.165, 1.54) is 35.4 Å². The van der Waals surface area contributed by atoms with E-state index in [2.05, 4.69) is 20.9 Å². The highest BCUT2D eigenvalue weighted by Crippen LogP contribution is 2.41. The van der Waals surface area contributed by atoms with Crippen LogP contribution >= 0.6 is 15.9 Å². The largest absolute Gasteiger partial charge is 0.507 e. The highest BCUT2D eigenvalue weighted by atomic mass is 79.9. The molecule has 1 amide bonds. The minimum atomic E-state index is -1.00. The predicted molar refractivity (Wildman–Crippen MR) is 116 cm³/mol.